The van der Waals surface area contributed by atoms with Gasteiger partial charge >= 0.3 is 0 Å². The molecule has 0 radical (unpaired) electrons. The van der Waals surface area contributed by atoms with E-state index in [-0.39, 0.29) is 12.7 Å². The summed E-state index contributed by atoms with van der Waals surface area (Å²) in [5.41, 5.74) is 0. The smallest absolute Gasteiger partial charge is 0.261 e. The van der Waals surface area contributed by atoms with Crippen LogP contribution in [0.1, 0.15) is 168 Å². The molecule has 0 bridgehead atoms. The van der Waals surface area contributed by atoms with Crippen molar-refractivity contribution < 1.29 is 27.6 Å². The summed E-state index contributed by atoms with van der Waals surface area (Å²) >= 11 is 0. The van der Waals surface area contributed by atoms with Crippen molar-refractivity contribution >= 4 is 10.1 Å². The molecule has 0 aliphatic rings. The Kier molecular flexibility index (Phi) is 35.7. The molecule has 238 valence electrons. The van der Waals surface area contributed by atoms with Gasteiger partial charge in [0.25, 0.3) is 10.1 Å². The first-order chi connectivity index (χ1) is 18.8. The van der Waals surface area contributed by atoms with Gasteiger partial charge in [-0.1, -0.05) is 155 Å². The third-order valence-corrected chi connectivity index (χ3v) is 7.00. The molecule has 2 N–H and O–H groups in total. The molecule has 0 aromatic carbocycles. The quantitative estimate of drug-likeness (QED) is 0.0649. The first-order valence-electron chi connectivity index (χ1n) is 16.6. The van der Waals surface area contributed by atoms with Crippen molar-refractivity contribution in [2.24, 2.45) is 0 Å². The zero-order chi connectivity index (χ0) is 29.3. The minimum atomic E-state index is -3.67. The number of aliphatic hydroxyl groups excluding tert-OH is 1. The van der Waals surface area contributed by atoms with Gasteiger partial charge in [0, 0.05) is 13.2 Å². The summed E-state index contributed by atoms with van der Waals surface area (Å²) < 4.78 is 37.4. The molecular formula is C32H68O6S. The molecule has 0 saturated heterocycles. The third-order valence-electron chi connectivity index (χ3n) is 7.00. The van der Waals surface area contributed by atoms with Gasteiger partial charge in [-0.25, -0.2) is 0 Å². The highest BCUT2D eigenvalue weighted by Gasteiger charge is 2.07. The Morgan fingerprint density at radius 1 is 0.538 bits per heavy atom. The van der Waals surface area contributed by atoms with Gasteiger partial charge in [0.15, 0.2) is 0 Å². The molecule has 0 spiro atoms. The molecule has 1 atom stereocenters. The van der Waals surface area contributed by atoms with E-state index in [1.807, 2.05) is 0 Å². The zero-order valence-electron chi connectivity index (χ0n) is 26.3. The molecule has 0 aliphatic heterocycles. The van der Waals surface area contributed by atoms with E-state index in [1.165, 1.54) is 141 Å². The monoisotopic (exact) mass is 580 g/mol. The summed E-state index contributed by atoms with van der Waals surface area (Å²) in [4.78, 5) is 0. The van der Waals surface area contributed by atoms with E-state index in [2.05, 4.69) is 13.8 Å². The molecule has 0 aromatic rings. The van der Waals surface area contributed by atoms with E-state index < -0.39 is 10.1 Å². The van der Waals surface area contributed by atoms with Gasteiger partial charge < -0.3 is 14.6 Å². The van der Waals surface area contributed by atoms with Crippen LogP contribution in [-0.2, 0) is 19.6 Å². The first-order valence-corrected chi connectivity index (χ1v) is 18.4. The van der Waals surface area contributed by atoms with Gasteiger partial charge in [0.1, 0.15) is 6.10 Å². The van der Waals surface area contributed by atoms with Crippen LogP contribution < -0.4 is 0 Å². The fourth-order valence-electron chi connectivity index (χ4n) is 4.61. The number of hydrogen-bond acceptors (Lipinski definition) is 5. The standard InChI is InChI=1S/C31H64O3.CH4O3S/c1-3-5-7-9-11-13-15-17-19-21-23-25-27-33-30-31(29-32)34-28-26-24-22-20-18-16-14-12-10-8-6-4-2;1-5(2,3)4/h31-32H,3-30H2,1-2H3;1H3,(H,2,3,4). The van der Waals surface area contributed by atoms with Crippen LogP contribution in [0.3, 0.4) is 0 Å². The van der Waals surface area contributed by atoms with Crippen molar-refractivity contribution in [3.8, 4) is 0 Å². The van der Waals surface area contributed by atoms with Crippen molar-refractivity contribution in [3.63, 3.8) is 0 Å². The van der Waals surface area contributed by atoms with E-state index in [1.54, 1.807) is 0 Å². The third kappa shape index (κ3) is 45.0. The second-order valence-corrected chi connectivity index (χ2v) is 12.7. The summed E-state index contributed by atoms with van der Waals surface area (Å²) in [5, 5.41) is 9.52. The van der Waals surface area contributed by atoms with Crippen LogP contribution in [0.4, 0.5) is 0 Å². The highest BCUT2D eigenvalue weighted by Crippen LogP contribution is 2.13. The number of rotatable bonds is 30. The number of hydrogen-bond donors (Lipinski definition) is 2. The Morgan fingerprint density at radius 3 is 1.13 bits per heavy atom. The summed E-state index contributed by atoms with van der Waals surface area (Å²) in [7, 11) is -3.67. The lowest BCUT2D eigenvalue weighted by molar-refractivity contribution is -0.0437. The Morgan fingerprint density at radius 2 is 0.821 bits per heavy atom. The van der Waals surface area contributed by atoms with E-state index in [0.29, 0.717) is 12.9 Å². The summed E-state index contributed by atoms with van der Waals surface area (Å²) in [6.07, 6.45) is 33.2. The lowest BCUT2D eigenvalue weighted by atomic mass is 10.1. The molecule has 0 aliphatic carbocycles. The Bertz CT molecular complexity index is 533. The van der Waals surface area contributed by atoms with Gasteiger partial charge in [-0.3, -0.25) is 4.55 Å². The topological polar surface area (TPSA) is 93.1 Å². The predicted molar refractivity (Wildman–Crippen MR) is 167 cm³/mol. The lowest BCUT2D eigenvalue weighted by Gasteiger charge is -2.15. The van der Waals surface area contributed by atoms with Crippen LogP contribution in [0.5, 0.6) is 0 Å². The van der Waals surface area contributed by atoms with Crippen LogP contribution >= 0.6 is 0 Å². The largest absolute Gasteiger partial charge is 0.394 e. The highest BCUT2D eigenvalue weighted by molar-refractivity contribution is 7.85. The van der Waals surface area contributed by atoms with Crippen molar-refractivity contribution in [1.29, 1.82) is 0 Å². The first kappa shape index (κ1) is 40.9. The second kappa shape index (κ2) is 34.0. The lowest BCUT2D eigenvalue weighted by Crippen LogP contribution is -2.24. The molecule has 39 heavy (non-hydrogen) atoms. The molecule has 0 heterocycles. The van der Waals surface area contributed by atoms with Crippen LogP contribution in [0.2, 0.25) is 0 Å². The van der Waals surface area contributed by atoms with Gasteiger partial charge in [-0.05, 0) is 12.8 Å². The fraction of sp³-hybridized carbons (Fsp3) is 1.00. The molecule has 0 aromatic heterocycles. The summed E-state index contributed by atoms with van der Waals surface area (Å²) in [6.45, 7) is 6.72. The van der Waals surface area contributed by atoms with E-state index in [4.69, 9.17) is 14.0 Å². The van der Waals surface area contributed by atoms with Gasteiger partial charge in [0.05, 0.1) is 19.5 Å². The highest BCUT2D eigenvalue weighted by atomic mass is 32.2. The summed E-state index contributed by atoms with van der Waals surface area (Å²) in [6, 6.07) is 0. The Balaban J connectivity index is 0. The van der Waals surface area contributed by atoms with Gasteiger partial charge in [-0.2, -0.15) is 8.42 Å². The normalized spacial score (nSPS) is 12.3. The van der Waals surface area contributed by atoms with E-state index >= 15 is 0 Å². The molecule has 0 amide bonds. The van der Waals surface area contributed by atoms with Gasteiger partial charge in [0.2, 0.25) is 0 Å². The number of aliphatic hydroxyl groups is 1. The van der Waals surface area contributed by atoms with Crippen molar-refractivity contribution in [3.05, 3.63) is 0 Å². The van der Waals surface area contributed by atoms with Crippen molar-refractivity contribution in [2.45, 2.75) is 174 Å². The van der Waals surface area contributed by atoms with Crippen LogP contribution in [0.15, 0.2) is 0 Å². The second-order valence-electron chi connectivity index (χ2n) is 11.3. The van der Waals surface area contributed by atoms with Crippen LogP contribution in [-0.4, -0.2) is 56.9 Å². The van der Waals surface area contributed by atoms with Crippen molar-refractivity contribution in [2.75, 3.05) is 32.7 Å². The maximum Gasteiger partial charge on any atom is 0.261 e. The molecule has 0 saturated carbocycles. The fourth-order valence-corrected chi connectivity index (χ4v) is 4.61. The van der Waals surface area contributed by atoms with Crippen LogP contribution in [0.25, 0.3) is 0 Å². The Hall–Kier alpha value is -0.210. The molecule has 6 nitrogen and oxygen atoms in total. The average Bonchev–Trinajstić information content (AvgIpc) is 2.89. The van der Waals surface area contributed by atoms with E-state index in [0.717, 1.165) is 26.1 Å². The molecule has 1 unspecified atom stereocenters. The molecule has 7 heteroatoms. The number of ether oxygens (including phenoxy) is 2. The minimum Gasteiger partial charge on any atom is -0.394 e. The minimum absolute atomic E-state index is 0.0662. The summed E-state index contributed by atoms with van der Waals surface area (Å²) in [5.74, 6) is 0. The number of unbranched alkanes of at least 4 members (excludes halogenated alkanes) is 22. The Labute approximate surface area is 244 Å². The molecule has 0 rings (SSSR count). The predicted octanol–water partition coefficient (Wildman–Crippen LogP) is 9.29. The van der Waals surface area contributed by atoms with Gasteiger partial charge in [-0.15, -0.1) is 0 Å². The maximum absolute atomic E-state index is 9.52. The van der Waals surface area contributed by atoms with Crippen LogP contribution in [0, 0.1) is 0 Å². The average molecular weight is 581 g/mol. The SMILES string of the molecule is CCCCCCCCCCCCCCOCC(CO)OCCCCCCCCCCCCCC.CS(=O)(=O)O. The van der Waals surface area contributed by atoms with Crippen molar-refractivity contribution in [1.82, 2.24) is 0 Å². The molecule has 0 fully saturated rings. The zero-order valence-corrected chi connectivity index (χ0v) is 27.1. The molecular weight excluding hydrogens is 512 g/mol. The van der Waals surface area contributed by atoms with E-state index in [9.17, 15) is 13.5 Å². The maximum atomic E-state index is 9.52.